The summed E-state index contributed by atoms with van der Waals surface area (Å²) in [4.78, 5) is 14.6. The molecule has 1 aromatic carbocycles. The molecule has 1 amide bonds. The Morgan fingerprint density at radius 1 is 1.27 bits per heavy atom. The van der Waals surface area contributed by atoms with Crippen molar-refractivity contribution in [2.75, 3.05) is 19.8 Å². The number of rotatable bonds is 7. The molecule has 1 aromatic heterocycles. The molecule has 4 nitrogen and oxygen atoms in total. The van der Waals surface area contributed by atoms with E-state index in [0.29, 0.717) is 13.0 Å². The highest BCUT2D eigenvalue weighted by molar-refractivity contribution is 5.83. The van der Waals surface area contributed by atoms with Gasteiger partial charge in [-0.25, -0.2) is 0 Å². The molecular formula is C15H17F3N2O2. The van der Waals surface area contributed by atoms with E-state index in [1.165, 1.54) is 0 Å². The van der Waals surface area contributed by atoms with Crippen LogP contribution >= 0.6 is 0 Å². The van der Waals surface area contributed by atoms with E-state index in [1.807, 2.05) is 30.5 Å². The minimum absolute atomic E-state index is 0.0794. The van der Waals surface area contributed by atoms with Crippen LogP contribution in [0.4, 0.5) is 13.2 Å². The van der Waals surface area contributed by atoms with E-state index < -0.39 is 12.8 Å². The first-order chi connectivity index (χ1) is 10.5. The van der Waals surface area contributed by atoms with E-state index in [1.54, 1.807) is 0 Å². The number of alkyl halides is 3. The van der Waals surface area contributed by atoms with Crippen molar-refractivity contribution in [2.24, 2.45) is 0 Å². The zero-order valence-corrected chi connectivity index (χ0v) is 11.9. The summed E-state index contributed by atoms with van der Waals surface area (Å²) in [6, 6.07) is 7.84. The van der Waals surface area contributed by atoms with Gasteiger partial charge >= 0.3 is 6.18 Å². The van der Waals surface area contributed by atoms with Gasteiger partial charge in [-0.2, -0.15) is 13.2 Å². The van der Waals surface area contributed by atoms with Gasteiger partial charge in [-0.1, -0.05) is 18.2 Å². The molecule has 2 N–H and O–H groups in total. The second-order valence-electron chi connectivity index (χ2n) is 4.88. The molecule has 7 heteroatoms. The summed E-state index contributed by atoms with van der Waals surface area (Å²) in [5.74, 6) is -0.318. The van der Waals surface area contributed by atoms with Crippen molar-refractivity contribution in [3.05, 3.63) is 36.0 Å². The lowest BCUT2D eigenvalue weighted by atomic mass is 10.1. The monoisotopic (exact) mass is 314 g/mol. The molecule has 0 aliphatic carbocycles. The maximum Gasteiger partial charge on any atom is 0.411 e. The Hall–Kier alpha value is -2.02. The number of ether oxygens (including phenoxy) is 1. The topological polar surface area (TPSA) is 54.1 Å². The lowest BCUT2D eigenvalue weighted by molar-refractivity contribution is -0.174. The molecule has 0 unspecified atom stereocenters. The molecule has 0 fully saturated rings. The van der Waals surface area contributed by atoms with Crippen LogP contribution in [0.2, 0.25) is 0 Å². The number of benzene rings is 1. The highest BCUT2D eigenvalue weighted by Gasteiger charge is 2.27. The Balaban J connectivity index is 1.67. The van der Waals surface area contributed by atoms with Gasteiger partial charge < -0.3 is 15.0 Å². The number of aromatic amines is 1. The summed E-state index contributed by atoms with van der Waals surface area (Å²) in [5.41, 5.74) is 2.12. The van der Waals surface area contributed by atoms with Crippen molar-refractivity contribution >= 4 is 16.8 Å². The molecule has 2 rings (SSSR count). The van der Waals surface area contributed by atoms with Gasteiger partial charge in [0.2, 0.25) is 5.91 Å². The number of carbonyl (C=O) groups is 1. The number of hydrogen-bond acceptors (Lipinski definition) is 2. The van der Waals surface area contributed by atoms with Crippen LogP contribution in [0.15, 0.2) is 30.5 Å². The fourth-order valence-electron chi connectivity index (χ4n) is 2.12. The number of carbonyl (C=O) groups excluding carboxylic acids is 1. The molecule has 0 aliphatic heterocycles. The average Bonchev–Trinajstić information content (AvgIpc) is 2.86. The molecule has 0 spiro atoms. The van der Waals surface area contributed by atoms with Gasteiger partial charge in [0.05, 0.1) is 6.61 Å². The Bertz CT molecular complexity index is 623. The van der Waals surface area contributed by atoms with Gasteiger partial charge in [0.15, 0.2) is 0 Å². The molecule has 0 atom stereocenters. The molecule has 1 heterocycles. The van der Waals surface area contributed by atoms with E-state index in [-0.39, 0.29) is 18.9 Å². The normalized spacial score (nSPS) is 11.8. The third-order valence-corrected chi connectivity index (χ3v) is 3.13. The highest BCUT2D eigenvalue weighted by Crippen LogP contribution is 2.17. The van der Waals surface area contributed by atoms with Crippen LogP contribution in [0.3, 0.4) is 0 Å². The minimum atomic E-state index is -4.36. The number of aromatic nitrogens is 1. The van der Waals surface area contributed by atoms with Crippen molar-refractivity contribution in [3.63, 3.8) is 0 Å². The summed E-state index contributed by atoms with van der Waals surface area (Å²) in [5, 5.41) is 3.77. The molecular weight excluding hydrogens is 297 g/mol. The molecule has 0 saturated carbocycles. The largest absolute Gasteiger partial charge is 0.411 e. The zero-order chi connectivity index (χ0) is 16.0. The maximum absolute atomic E-state index is 11.8. The standard InChI is InChI=1S/C15H17F3N2O2/c16-15(17,18)10-22-8-6-14(21)19-7-5-11-9-20-13-4-2-1-3-12(11)13/h1-4,9,20H,5-8,10H2,(H,19,21). The molecule has 22 heavy (non-hydrogen) atoms. The fourth-order valence-corrected chi connectivity index (χ4v) is 2.12. The van der Waals surface area contributed by atoms with Crippen molar-refractivity contribution < 1.29 is 22.7 Å². The summed E-state index contributed by atoms with van der Waals surface area (Å²) in [6.45, 7) is -1.13. The fraction of sp³-hybridized carbons (Fsp3) is 0.400. The zero-order valence-electron chi connectivity index (χ0n) is 11.9. The number of nitrogens with one attached hydrogen (secondary N) is 2. The molecule has 2 aromatic rings. The van der Waals surface area contributed by atoms with Crippen LogP contribution in [0.25, 0.3) is 10.9 Å². The van der Waals surface area contributed by atoms with Gasteiger partial charge in [-0.05, 0) is 18.1 Å². The lowest BCUT2D eigenvalue weighted by Crippen LogP contribution is -2.27. The van der Waals surface area contributed by atoms with Crippen molar-refractivity contribution in [1.82, 2.24) is 10.3 Å². The number of H-pyrrole nitrogens is 1. The quantitative estimate of drug-likeness (QED) is 0.772. The second kappa shape index (κ2) is 7.31. The van der Waals surface area contributed by atoms with E-state index in [2.05, 4.69) is 15.0 Å². The summed E-state index contributed by atoms with van der Waals surface area (Å²) in [7, 11) is 0. The van der Waals surface area contributed by atoms with E-state index >= 15 is 0 Å². The first-order valence-corrected chi connectivity index (χ1v) is 6.92. The third kappa shape index (κ3) is 5.07. The van der Waals surface area contributed by atoms with Gasteiger partial charge in [0, 0.05) is 30.1 Å². The van der Waals surface area contributed by atoms with Crippen molar-refractivity contribution in [1.29, 1.82) is 0 Å². The van der Waals surface area contributed by atoms with Crippen LogP contribution in [0, 0.1) is 0 Å². The Kier molecular flexibility index (Phi) is 5.43. The van der Waals surface area contributed by atoms with E-state index in [4.69, 9.17) is 0 Å². The molecule has 0 saturated heterocycles. The summed E-state index contributed by atoms with van der Waals surface area (Å²) >= 11 is 0. The van der Waals surface area contributed by atoms with Gasteiger partial charge in [-0.3, -0.25) is 4.79 Å². The van der Waals surface area contributed by atoms with Crippen LogP contribution in [0.1, 0.15) is 12.0 Å². The summed E-state index contributed by atoms with van der Waals surface area (Å²) in [6.07, 6.45) is -1.89. The predicted molar refractivity (Wildman–Crippen MR) is 76.5 cm³/mol. The highest BCUT2D eigenvalue weighted by atomic mass is 19.4. The molecule has 120 valence electrons. The first-order valence-electron chi connectivity index (χ1n) is 6.92. The molecule has 0 bridgehead atoms. The SMILES string of the molecule is O=C(CCOCC(F)(F)F)NCCc1c[nH]c2ccccc12. The number of halogens is 3. The van der Waals surface area contributed by atoms with Gasteiger partial charge in [0.25, 0.3) is 0 Å². The van der Waals surface area contributed by atoms with Crippen LogP contribution in [-0.4, -0.2) is 36.8 Å². The molecule has 0 aliphatic rings. The lowest BCUT2D eigenvalue weighted by Gasteiger charge is -2.08. The predicted octanol–water partition coefficient (Wildman–Crippen LogP) is 2.80. The van der Waals surface area contributed by atoms with Gasteiger partial charge in [-0.15, -0.1) is 0 Å². The number of hydrogen-bond donors (Lipinski definition) is 2. The smallest absolute Gasteiger partial charge is 0.372 e. The molecule has 0 radical (unpaired) electrons. The number of para-hydroxylation sites is 1. The number of amides is 1. The Labute approximate surface area is 125 Å². The van der Waals surface area contributed by atoms with Gasteiger partial charge in [0.1, 0.15) is 6.61 Å². The van der Waals surface area contributed by atoms with Crippen LogP contribution < -0.4 is 5.32 Å². The van der Waals surface area contributed by atoms with Crippen molar-refractivity contribution in [2.45, 2.75) is 19.0 Å². The minimum Gasteiger partial charge on any atom is -0.372 e. The Morgan fingerprint density at radius 3 is 2.82 bits per heavy atom. The van der Waals surface area contributed by atoms with Crippen LogP contribution in [0.5, 0.6) is 0 Å². The first kappa shape index (κ1) is 16.4. The summed E-state index contributed by atoms with van der Waals surface area (Å²) < 4.78 is 39.9. The van der Waals surface area contributed by atoms with Crippen LogP contribution in [-0.2, 0) is 16.0 Å². The van der Waals surface area contributed by atoms with E-state index in [0.717, 1.165) is 16.5 Å². The van der Waals surface area contributed by atoms with E-state index in [9.17, 15) is 18.0 Å². The number of fused-ring (bicyclic) bond motifs is 1. The second-order valence-corrected chi connectivity index (χ2v) is 4.88. The Morgan fingerprint density at radius 2 is 2.05 bits per heavy atom. The average molecular weight is 314 g/mol. The maximum atomic E-state index is 11.8. The third-order valence-electron chi connectivity index (χ3n) is 3.13. The van der Waals surface area contributed by atoms with Crippen molar-refractivity contribution in [3.8, 4) is 0 Å².